The summed E-state index contributed by atoms with van der Waals surface area (Å²) in [4.78, 5) is 22.8. The van der Waals surface area contributed by atoms with Gasteiger partial charge in [0, 0.05) is 5.57 Å². The first-order chi connectivity index (χ1) is 7.99. The normalized spacial score (nSPS) is 15.1. The highest BCUT2D eigenvalue weighted by molar-refractivity contribution is 6.48. The lowest BCUT2D eigenvalue weighted by Gasteiger charge is -2.09. The van der Waals surface area contributed by atoms with Gasteiger partial charge in [0.25, 0.3) is 0 Å². The van der Waals surface area contributed by atoms with Crippen LogP contribution in [-0.4, -0.2) is 11.6 Å². The molecule has 0 atom stereocenters. The molecule has 0 amide bonds. The summed E-state index contributed by atoms with van der Waals surface area (Å²) in [6.45, 7) is 0. The Labute approximate surface area is 112 Å². The fourth-order valence-electron chi connectivity index (χ4n) is 1.45. The van der Waals surface area contributed by atoms with Gasteiger partial charge in [0.1, 0.15) is 0 Å². The molecule has 0 fully saturated rings. The van der Waals surface area contributed by atoms with Crippen molar-refractivity contribution in [2.75, 3.05) is 0 Å². The summed E-state index contributed by atoms with van der Waals surface area (Å²) in [7, 11) is 0. The van der Waals surface area contributed by atoms with Gasteiger partial charge in [-0.15, -0.1) is 0 Å². The number of hydrogen-bond donors (Lipinski definition) is 0. The molecular formula is C12H5Cl3O2. The summed E-state index contributed by atoms with van der Waals surface area (Å²) in [6.07, 6.45) is 3.68. The molecule has 1 aliphatic carbocycles. The van der Waals surface area contributed by atoms with E-state index in [0.29, 0.717) is 5.56 Å². The molecule has 0 aliphatic heterocycles. The number of hydrogen-bond acceptors (Lipinski definition) is 2. The minimum absolute atomic E-state index is 0.225. The zero-order valence-corrected chi connectivity index (χ0v) is 10.6. The van der Waals surface area contributed by atoms with Crippen molar-refractivity contribution in [2.45, 2.75) is 0 Å². The summed E-state index contributed by atoms with van der Waals surface area (Å²) in [5.74, 6) is -0.513. The van der Waals surface area contributed by atoms with Crippen LogP contribution in [0, 0.1) is 0 Å². The van der Waals surface area contributed by atoms with Crippen LogP contribution >= 0.6 is 34.8 Å². The minimum atomic E-state index is -0.265. The Hall–Kier alpha value is -1.09. The van der Waals surface area contributed by atoms with Gasteiger partial charge in [-0.05, 0) is 35.9 Å². The lowest BCUT2D eigenvalue weighted by Crippen LogP contribution is -2.06. The SMILES string of the molecule is O=C1C=CC(=O)C(c2cc(Cl)c(Cl)c(Cl)c2)=C1. The molecule has 0 bridgehead atoms. The molecule has 1 aromatic carbocycles. The maximum absolute atomic E-state index is 11.6. The van der Waals surface area contributed by atoms with Crippen molar-refractivity contribution in [3.05, 3.63) is 51.0 Å². The van der Waals surface area contributed by atoms with E-state index in [-0.39, 0.29) is 32.2 Å². The molecule has 0 saturated carbocycles. The average Bonchev–Trinajstić information content (AvgIpc) is 2.28. The van der Waals surface area contributed by atoms with E-state index < -0.39 is 0 Å². The van der Waals surface area contributed by atoms with E-state index in [0.717, 1.165) is 0 Å². The summed E-state index contributed by atoms with van der Waals surface area (Å²) in [6, 6.07) is 3.01. The van der Waals surface area contributed by atoms with E-state index in [9.17, 15) is 9.59 Å². The van der Waals surface area contributed by atoms with E-state index in [1.165, 1.54) is 30.4 Å². The first kappa shape index (κ1) is 12.4. The van der Waals surface area contributed by atoms with Gasteiger partial charge in [0.05, 0.1) is 15.1 Å². The predicted molar refractivity (Wildman–Crippen MR) is 68.6 cm³/mol. The predicted octanol–water partition coefficient (Wildman–Crippen LogP) is 3.74. The molecule has 86 valence electrons. The van der Waals surface area contributed by atoms with Gasteiger partial charge in [-0.3, -0.25) is 9.59 Å². The highest BCUT2D eigenvalue weighted by Gasteiger charge is 2.17. The molecule has 0 heterocycles. The third kappa shape index (κ3) is 2.44. The van der Waals surface area contributed by atoms with E-state index in [1.54, 1.807) is 0 Å². The van der Waals surface area contributed by atoms with Crippen molar-refractivity contribution in [3.63, 3.8) is 0 Å². The van der Waals surface area contributed by atoms with Crippen LogP contribution in [0.5, 0.6) is 0 Å². The minimum Gasteiger partial charge on any atom is -0.290 e. The van der Waals surface area contributed by atoms with Crippen LogP contribution in [-0.2, 0) is 9.59 Å². The molecule has 0 aromatic heterocycles. The Morgan fingerprint density at radius 2 is 1.47 bits per heavy atom. The third-order valence-corrected chi connectivity index (χ3v) is 3.44. The first-order valence-electron chi connectivity index (χ1n) is 4.62. The molecule has 17 heavy (non-hydrogen) atoms. The third-order valence-electron chi connectivity index (χ3n) is 2.25. The zero-order valence-electron chi connectivity index (χ0n) is 8.34. The number of allylic oxidation sites excluding steroid dienone is 4. The maximum atomic E-state index is 11.6. The van der Waals surface area contributed by atoms with Crippen molar-refractivity contribution in [1.82, 2.24) is 0 Å². The van der Waals surface area contributed by atoms with Crippen LogP contribution in [0.15, 0.2) is 30.4 Å². The number of benzene rings is 1. The monoisotopic (exact) mass is 286 g/mol. The lowest BCUT2D eigenvalue weighted by molar-refractivity contribution is -0.113. The fraction of sp³-hybridized carbons (Fsp3) is 0. The summed E-state index contributed by atoms with van der Waals surface area (Å²) in [5, 5.41) is 0.706. The van der Waals surface area contributed by atoms with Gasteiger partial charge < -0.3 is 0 Å². The number of halogens is 3. The average molecular weight is 288 g/mol. The molecule has 0 unspecified atom stereocenters. The van der Waals surface area contributed by atoms with Gasteiger partial charge in [0.15, 0.2) is 11.6 Å². The van der Waals surface area contributed by atoms with Crippen LogP contribution in [0.3, 0.4) is 0 Å². The van der Waals surface area contributed by atoms with Gasteiger partial charge in [0.2, 0.25) is 0 Å². The van der Waals surface area contributed by atoms with Crippen molar-refractivity contribution >= 4 is 51.9 Å². The van der Waals surface area contributed by atoms with Crippen molar-refractivity contribution in [2.24, 2.45) is 0 Å². The molecule has 0 saturated heterocycles. The van der Waals surface area contributed by atoms with Crippen LogP contribution in [0.25, 0.3) is 5.57 Å². The van der Waals surface area contributed by atoms with E-state index in [2.05, 4.69) is 0 Å². The Morgan fingerprint density at radius 1 is 0.882 bits per heavy atom. The van der Waals surface area contributed by atoms with E-state index >= 15 is 0 Å². The summed E-state index contributed by atoms with van der Waals surface area (Å²) in [5.41, 5.74) is 0.741. The summed E-state index contributed by atoms with van der Waals surface area (Å²) >= 11 is 17.5. The highest BCUT2D eigenvalue weighted by atomic mass is 35.5. The molecule has 1 aliphatic rings. The number of ketones is 2. The molecule has 2 rings (SSSR count). The largest absolute Gasteiger partial charge is 0.290 e. The Morgan fingerprint density at radius 3 is 2.06 bits per heavy atom. The van der Waals surface area contributed by atoms with Crippen LogP contribution < -0.4 is 0 Å². The van der Waals surface area contributed by atoms with Crippen molar-refractivity contribution in [3.8, 4) is 0 Å². The molecule has 2 nitrogen and oxygen atoms in total. The van der Waals surface area contributed by atoms with Crippen LogP contribution in [0.2, 0.25) is 15.1 Å². The molecule has 0 N–H and O–H groups in total. The molecule has 1 aromatic rings. The Balaban J connectivity index is 2.55. The van der Waals surface area contributed by atoms with Crippen LogP contribution in [0.4, 0.5) is 0 Å². The number of carbonyl (C=O) groups excluding carboxylic acids is 2. The van der Waals surface area contributed by atoms with Gasteiger partial charge in [-0.25, -0.2) is 0 Å². The standard InChI is InChI=1S/C12H5Cl3O2/c13-9-3-6(4-10(14)12(9)15)8-5-7(16)1-2-11(8)17/h1-5H. The summed E-state index contributed by atoms with van der Waals surface area (Å²) < 4.78 is 0. The molecule has 0 radical (unpaired) electrons. The van der Waals surface area contributed by atoms with Gasteiger partial charge >= 0.3 is 0 Å². The van der Waals surface area contributed by atoms with Crippen LogP contribution in [0.1, 0.15) is 5.56 Å². The Kier molecular flexibility index (Phi) is 3.38. The Bertz CT molecular complexity index is 562. The van der Waals surface area contributed by atoms with Crippen molar-refractivity contribution in [1.29, 1.82) is 0 Å². The fourth-order valence-corrected chi connectivity index (χ4v) is 2.04. The topological polar surface area (TPSA) is 34.1 Å². The number of carbonyl (C=O) groups is 2. The number of rotatable bonds is 1. The second-order valence-electron chi connectivity index (χ2n) is 3.41. The second kappa shape index (κ2) is 4.65. The van der Waals surface area contributed by atoms with Gasteiger partial charge in [-0.2, -0.15) is 0 Å². The lowest BCUT2D eigenvalue weighted by atomic mass is 9.96. The van der Waals surface area contributed by atoms with Gasteiger partial charge in [-0.1, -0.05) is 34.8 Å². The zero-order chi connectivity index (χ0) is 12.6. The van der Waals surface area contributed by atoms with E-state index in [4.69, 9.17) is 34.8 Å². The first-order valence-corrected chi connectivity index (χ1v) is 5.75. The molecule has 5 heteroatoms. The quantitative estimate of drug-likeness (QED) is 0.582. The highest BCUT2D eigenvalue weighted by Crippen LogP contribution is 2.34. The van der Waals surface area contributed by atoms with Crippen molar-refractivity contribution < 1.29 is 9.59 Å². The maximum Gasteiger partial charge on any atom is 0.186 e. The molecule has 0 spiro atoms. The molecular weight excluding hydrogens is 282 g/mol. The van der Waals surface area contributed by atoms with E-state index in [1.807, 2.05) is 0 Å². The second-order valence-corrected chi connectivity index (χ2v) is 4.60. The smallest absolute Gasteiger partial charge is 0.186 e.